The fourth-order valence-corrected chi connectivity index (χ4v) is 3.05. The molecule has 0 spiro atoms. The second kappa shape index (κ2) is 8.20. The Morgan fingerprint density at radius 2 is 1.89 bits per heavy atom. The maximum Gasteiger partial charge on any atom is 0.409 e. The molecule has 1 saturated heterocycles. The molecule has 2 aromatic rings. The van der Waals surface area contributed by atoms with Crippen molar-refractivity contribution in [1.82, 2.24) is 25.0 Å². The SMILES string of the molecule is CCOC(=O)N1CCC(NC(=O)c2ccc(-c3nc(C)n(C)n3)cc2)CC1. The molecule has 2 heterocycles. The first-order valence-corrected chi connectivity index (χ1v) is 9.18. The largest absolute Gasteiger partial charge is 0.450 e. The van der Waals surface area contributed by atoms with E-state index in [4.69, 9.17) is 4.74 Å². The number of carbonyl (C=O) groups is 2. The van der Waals surface area contributed by atoms with Gasteiger partial charge < -0.3 is 15.0 Å². The maximum absolute atomic E-state index is 12.5. The van der Waals surface area contributed by atoms with E-state index in [9.17, 15) is 9.59 Å². The highest BCUT2D eigenvalue weighted by Crippen LogP contribution is 2.17. The van der Waals surface area contributed by atoms with E-state index in [-0.39, 0.29) is 18.0 Å². The lowest BCUT2D eigenvalue weighted by molar-refractivity contribution is 0.0860. The molecule has 0 bridgehead atoms. The fraction of sp³-hybridized carbons (Fsp3) is 0.474. The molecule has 8 nitrogen and oxygen atoms in total. The molecule has 0 radical (unpaired) electrons. The van der Waals surface area contributed by atoms with Crippen molar-refractivity contribution in [2.45, 2.75) is 32.7 Å². The number of aromatic nitrogens is 3. The molecule has 144 valence electrons. The number of aryl methyl sites for hydroxylation is 2. The van der Waals surface area contributed by atoms with Crippen molar-refractivity contribution in [1.29, 1.82) is 0 Å². The molecule has 27 heavy (non-hydrogen) atoms. The lowest BCUT2D eigenvalue weighted by Crippen LogP contribution is -2.46. The molecule has 8 heteroatoms. The highest BCUT2D eigenvalue weighted by atomic mass is 16.6. The van der Waals surface area contributed by atoms with Crippen LogP contribution in [-0.2, 0) is 11.8 Å². The van der Waals surface area contributed by atoms with Gasteiger partial charge >= 0.3 is 6.09 Å². The predicted molar refractivity (Wildman–Crippen MR) is 100 cm³/mol. The van der Waals surface area contributed by atoms with Gasteiger partial charge in [0.05, 0.1) is 6.61 Å². The summed E-state index contributed by atoms with van der Waals surface area (Å²) in [5.41, 5.74) is 1.47. The summed E-state index contributed by atoms with van der Waals surface area (Å²) in [7, 11) is 1.85. The van der Waals surface area contributed by atoms with Crippen LogP contribution in [0, 0.1) is 6.92 Å². The molecule has 0 saturated carbocycles. The van der Waals surface area contributed by atoms with Crippen LogP contribution in [0.4, 0.5) is 4.79 Å². The summed E-state index contributed by atoms with van der Waals surface area (Å²) in [6.07, 6.45) is 1.16. The van der Waals surface area contributed by atoms with E-state index in [1.165, 1.54) is 0 Å². The normalized spacial score (nSPS) is 14.9. The number of rotatable bonds is 4. The molecular weight excluding hydrogens is 346 g/mol. The first-order chi connectivity index (χ1) is 13.0. The van der Waals surface area contributed by atoms with E-state index in [1.807, 2.05) is 26.1 Å². The van der Waals surface area contributed by atoms with Gasteiger partial charge in [-0.1, -0.05) is 12.1 Å². The first kappa shape index (κ1) is 18.9. The smallest absolute Gasteiger partial charge is 0.409 e. The summed E-state index contributed by atoms with van der Waals surface area (Å²) in [6, 6.07) is 7.33. The standard InChI is InChI=1S/C19H25N5O3/c1-4-27-19(26)24-11-9-16(10-12-24)21-18(25)15-7-5-14(6-8-15)17-20-13(2)23(3)22-17/h5-8,16H,4,9-12H2,1-3H3,(H,21,25). The second-order valence-corrected chi connectivity index (χ2v) is 6.62. The Kier molecular flexibility index (Phi) is 5.73. The van der Waals surface area contributed by atoms with Crippen molar-refractivity contribution < 1.29 is 14.3 Å². The summed E-state index contributed by atoms with van der Waals surface area (Å²) >= 11 is 0. The number of ether oxygens (including phenoxy) is 1. The van der Waals surface area contributed by atoms with Gasteiger partial charge in [-0.15, -0.1) is 0 Å². The zero-order valence-corrected chi connectivity index (χ0v) is 15.9. The van der Waals surface area contributed by atoms with E-state index in [0.717, 1.165) is 24.2 Å². The Balaban J connectivity index is 1.55. The van der Waals surface area contributed by atoms with Gasteiger partial charge in [-0.3, -0.25) is 9.48 Å². The number of nitrogens with one attached hydrogen (secondary N) is 1. The average molecular weight is 371 g/mol. The molecule has 1 N–H and O–H groups in total. The van der Waals surface area contributed by atoms with Crippen LogP contribution in [-0.4, -0.2) is 57.4 Å². The molecule has 1 aromatic carbocycles. The van der Waals surface area contributed by atoms with Gasteiger partial charge in [0.25, 0.3) is 5.91 Å². The summed E-state index contributed by atoms with van der Waals surface area (Å²) in [5.74, 6) is 1.37. The molecule has 1 fully saturated rings. The Morgan fingerprint density at radius 1 is 1.22 bits per heavy atom. The first-order valence-electron chi connectivity index (χ1n) is 9.18. The number of hydrogen-bond acceptors (Lipinski definition) is 5. The van der Waals surface area contributed by atoms with Gasteiger partial charge in [-0.25, -0.2) is 9.78 Å². The molecule has 1 aliphatic rings. The second-order valence-electron chi connectivity index (χ2n) is 6.62. The lowest BCUT2D eigenvalue weighted by Gasteiger charge is -2.31. The number of hydrogen-bond donors (Lipinski definition) is 1. The minimum atomic E-state index is -0.281. The van der Waals surface area contributed by atoms with Crippen molar-refractivity contribution in [3.63, 3.8) is 0 Å². The molecule has 0 unspecified atom stereocenters. The Labute approximate surface area is 158 Å². The van der Waals surface area contributed by atoms with Crippen LogP contribution in [0.15, 0.2) is 24.3 Å². The summed E-state index contributed by atoms with van der Waals surface area (Å²) in [6.45, 7) is 5.24. The molecule has 0 aliphatic carbocycles. The molecule has 1 aromatic heterocycles. The van der Waals surface area contributed by atoms with Crippen LogP contribution in [0.3, 0.4) is 0 Å². The minimum Gasteiger partial charge on any atom is -0.450 e. The number of piperidine rings is 1. The van der Waals surface area contributed by atoms with Crippen molar-refractivity contribution in [2.75, 3.05) is 19.7 Å². The monoisotopic (exact) mass is 371 g/mol. The van der Waals surface area contributed by atoms with Crippen molar-refractivity contribution in [3.05, 3.63) is 35.7 Å². The van der Waals surface area contributed by atoms with Crippen LogP contribution in [0.1, 0.15) is 35.9 Å². The van der Waals surface area contributed by atoms with Gasteiger partial charge in [0.1, 0.15) is 5.82 Å². The van der Waals surface area contributed by atoms with Crippen LogP contribution >= 0.6 is 0 Å². The predicted octanol–water partition coefficient (Wildman–Crippen LogP) is 2.14. The van der Waals surface area contributed by atoms with Crippen molar-refractivity contribution in [3.8, 4) is 11.4 Å². The maximum atomic E-state index is 12.5. The van der Waals surface area contributed by atoms with Crippen LogP contribution in [0.5, 0.6) is 0 Å². The topological polar surface area (TPSA) is 89.4 Å². The quantitative estimate of drug-likeness (QED) is 0.889. The lowest BCUT2D eigenvalue weighted by atomic mass is 10.0. The van der Waals surface area contributed by atoms with Gasteiger partial charge in [0, 0.05) is 37.3 Å². The minimum absolute atomic E-state index is 0.0583. The van der Waals surface area contributed by atoms with E-state index >= 15 is 0 Å². The van der Waals surface area contributed by atoms with Crippen molar-refractivity contribution >= 4 is 12.0 Å². The van der Waals surface area contributed by atoms with Crippen molar-refractivity contribution in [2.24, 2.45) is 7.05 Å². The Bertz CT molecular complexity index is 788. The van der Waals surface area contributed by atoms with E-state index in [2.05, 4.69) is 15.4 Å². The Morgan fingerprint density at radius 3 is 2.44 bits per heavy atom. The Hall–Kier alpha value is -2.90. The highest BCUT2D eigenvalue weighted by molar-refractivity contribution is 5.94. The van der Waals surface area contributed by atoms with Crippen LogP contribution in [0.25, 0.3) is 11.4 Å². The third kappa shape index (κ3) is 4.45. The zero-order chi connectivity index (χ0) is 19.4. The summed E-state index contributed by atoms with van der Waals surface area (Å²) < 4.78 is 6.73. The average Bonchev–Trinajstić information content (AvgIpc) is 3.01. The number of likely N-dealkylation sites (tertiary alicyclic amines) is 1. The number of amides is 2. The van der Waals surface area contributed by atoms with Gasteiger partial charge in [0.2, 0.25) is 0 Å². The van der Waals surface area contributed by atoms with Crippen LogP contribution < -0.4 is 5.32 Å². The van der Waals surface area contributed by atoms with E-state index in [0.29, 0.717) is 31.1 Å². The van der Waals surface area contributed by atoms with Gasteiger partial charge in [-0.2, -0.15) is 5.10 Å². The summed E-state index contributed by atoms with van der Waals surface area (Å²) in [5, 5.41) is 7.39. The van der Waals surface area contributed by atoms with E-state index < -0.39 is 0 Å². The number of carbonyl (C=O) groups excluding carboxylic acids is 2. The molecule has 3 rings (SSSR count). The van der Waals surface area contributed by atoms with Crippen LogP contribution in [0.2, 0.25) is 0 Å². The zero-order valence-electron chi connectivity index (χ0n) is 15.9. The fourth-order valence-electron chi connectivity index (χ4n) is 3.05. The highest BCUT2D eigenvalue weighted by Gasteiger charge is 2.24. The molecular formula is C19H25N5O3. The molecule has 0 atom stereocenters. The number of benzene rings is 1. The molecule has 2 amide bonds. The molecule has 1 aliphatic heterocycles. The van der Waals surface area contributed by atoms with Gasteiger partial charge in [-0.05, 0) is 38.8 Å². The van der Waals surface area contributed by atoms with Gasteiger partial charge in [0.15, 0.2) is 5.82 Å². The third-order valence-electron chi connectivity index (χ3n) is 4.74. The summed E-state index contributed by atoms with van der Waals surface area (Å²) in [4.78, 5) is 30.3. The van der Waals surface area contributed by atoms with E-state index in [1.54, 1.807) is 28.6 Å². The number of nitrogens with zero attached hydrogens (tertiary/aromatic N) is 4. The third-order valence-corrected chi connectivity index (χ3v) is 4.74.